The van der Waals surface area contributed by atoms with Crippen LogP contribution in [0.25, 0.3) is 0 Å². The lowest BCUT2D eigenvalue weighted by atomic mass is 10.2. The predicted octanol–water partition coefficient (Wildman–Crippen LogP) is 1.47. The zero-order chi connectivity index (χ0) is 15.3. The van der Waals surface area contributed by atoms with Gasteiger partial charge in [-0.3, -0.25) is 0 Å². The van der Waals surface area contributed by atoms with Crippen molar-refractivity contribution >= 4 is 10.0 Å². The molecule has 114 valence electrons. The summed E-state index contributed by atoms with van der Waals surface area (Å²) in [7, 11) is -2.85. The Morgan fingerprint density at radius 2 is 2.00 bits per heavy atom. The van der Waals surface area contributed by atoms with E-state index in [0.29, 0.717) is 16.9 Å². The van der Waals surface area contributed by atoms with E-state index in [2.05, 4.69) is 10.3 Å². The van der Waals surface area contributed by atoms with E-state index < -0.39 is 23.0 Å². The summed E-state index contributed by atoms with van der Waals surface area (Å²) >= 11 is 0. The molecule has 0 unspecified atom stereocenters. The molecule has 0 saturated carbocycles. The summed E-state index contributed by atoms with van der Waals surface area (Å²) in [5.41, 5.74) is 0.828. The first kappa shape index (κ1) is 16.9. The number of hydrogen-bond acceptors (Lipinski definition) is 4. The third-order valence-electron chi connectivity index (χ3n) is 2.58. The van der Waals surface area contributed by atoms with Gasteiger partial charge in [0.15, 0.2) is 5.03 Å². The van der Waals surface area contributed by atoms with Gasteiger partial charge in [-0.15, -0.1) is 0 Å². The van der Waals surface area contributed by atoms with E-state index in [0.717, 1.165) is 12.6 Å². The Bertz CT molecular complexity index is 518. The Labute approximate surface area is 118 Å². The molecule has 5 nitrogen and oxygen atoms in total. The Hall–Kier alpha value is -1.12. The minimum Gasteiger partial charge on any atom is -0.310 e. The highest BCUT2D eigenvalue weighted by atomic mass is 32.2. The molecule has 0 radical (unpaired) electrons. The van der Waals surface area contributed by atoms with Crippen molar-refractivity contribution in [1.29, 1.82) is 0 Å². The van der Waals surface area contributed by atoms with Gasteiger partial charge in [-0.25, -0.2) is 22.2 Å². The number of halogens is 2. The van der Waals surface area contributed by atoms with E-state index >= 15 is 0 Å². The summed E-state index contributed by atoms with van der Waals surface area (Å²) in [5, 5.41) is 2.94. The zero-order valence-corrected chi connectivity index (χ0v) is 12.5. The van der Waals surface area contributed by atoms with Crippen LogP contribution in [0, 0.1) is 0 Å². The monoisotopic (exact) mass is 307 g/mol. The minimum atomic E-state index is -3.96. The summed E-state index contributed by atoms with van der Waals surface area (Å²) in [4.78, 5) is 3.84. The SMILES string of the molecule is CC(C)NCc1ccc(S(=O)(=O)N(C)CC(F)F)nc1. The van der Waals surface area contributed by atoms with Crippen molar-refractivity contribution in [2.45, 2.75) is 37.9 Å². The number of alkyl halides is 2. The first-order valence-corrected chi connectivity index (χ1v) is 7.60. The van der Waals surface area contributed by atoms with Crippen molar-refractivity contribution < 1.29 is 17.2 Å². The average Bonchev–Trinajstić information content (AvgIpc) is 2.36. The van der Waals surface area contributed by atoms with Gasteiger partial charge in [-0.1, -0.05) is 19.9 Å². The third-order valence-corrected chi connectivity index (χ3v) is 4.32. The van der Waals surface area contributed by atoms with E-state index in [1.807, 2.05) is 13.8 Å². The van der Waals surface area contributed by atoms with E-state index in [1.54, 1.807) is 6.07 Å². The van der Waals surface area contributed by atoms with Gasteiger partial charge >= 0.3 is 0 Å². The Morgan fingerprint density at radius 3 is 2.45 bits per heavy atom. The summed E-state index contributed by atoms with van der Waals surface area (Å²) < 4.78 is 49.0. The molecule has 1 heterocycles. The minimum absolute atomic E-state index is 0.228. The number of hydrogen-bond donors (Lipinski definition) is 1. The summed E-state index contributed by atoms with van der Waals surface area (Å²) in [6.45, 7) is 3.70. The first-order chi connectivity index (χ1) is 9.23. The van der Waals surface area contributed by atoms with Crippen LogP contribution in [-0.2, 0) is 16.6 Å². The topological polar surface area (TPSA) is 62.3 Å². The molecule has 1 N–H and O–H groups in total. The maximum Gasteiger partial charge on any atom is 0.260 e. The molecular weight excluding hydrogens is 288 g/mol. The summed E-state index contributed by atoms with van der Waals surface area (Å²) in [6.07, 6.45) is -1.29. The fourth-order valence-corrected chi connectivity index (χ4v) is 2.50. The number of sulfonamides is 1. The molecule has 8 heteroatoms. The largest absolute Gasteiger partial charge is 0.310 e. The molecule has 0 atom stereocenters. The molecule has 1 rings (SSSR count). The van der Waals surface area contributed by atoms with Gasteiger partial charge in [-0.2, -0.15) is 4.31 Å². The van der Waals surface area contributed by atoms with Gasteiger partial charge in [0.1, 0.15) is 0 Å². The molecular formula is C12H19F2N3O2S. The first-order valence-electron chi connectivity index (χ1n) is 6.16. The highest BCUT2D eigenvalue weighted by Crippen LogP contribution is 2.13. The molecule has 0 bridgehead atoms. The Kier molecular flexibility index (Phi) is 5.97. The molecule has 0 aliphatic heterocycles. The maximum absolute atomic E-state index is 12.2. The fraction of sp³-hybridized carbons (Fsp3) is 0.583. The number of nitrogens with zero attached hydrogens (tertiary/aromatic N) is 2. The van der Waals surface area contributed by atoms with Crippen LogP contribution in [0.5, 0.6) is 0 Å². The van der Waals surface area contributed by atoms with Crippen molar-refractivity contribution in [3.05, 3.63) is 23.9 Å². The van der Waals surface area contributed by atoms with E-state index in [9.17, 15) is 17.2 Å². The number of rotatable bonds is 7. The number of nitrogens with one attached hydrogen (secondary N) is 1. The Balaban J connectivity index is 2.81. The standard InChI is InChI=1S/C12H19F2N3O2S/c1-9(2)15-6-10-4-5-12(16-7-10)20(18,19)17(3)8-11(13)14/h4-5,7,9,11,15H,6,8H2,1-3H3. The van der Waals surface area contributed by atoms with Gasteiger partial charge in [0.2, 0.25) is 0 Å². The van der Waals surface area contributed by atoms with Crippen molar-refractivity contribution in [3.8, 4) is 0 Å². The molecule has 0 fully saturated rings. The second-order valence-corrected chi connectivity index (χ2v) is 6.71. The van der Waals surface area contributed by atoms with Crippen molar-refractivity contribution in [2.24, 2.45) is 0 Å². The van der Waals surface area contributed by atoms with Crippen LogP contribution >= 0.6 is 0 Å². The van der Waals surface area contributed by atoms with Crippen LogP contribution < -0.4 is 5.32 Å². The fourth-order valence-electron chi connectivity index (χ4n) is 1.44. The molecule has 0 aromatic carbocycles. The van der Waals surface area contributed by atoms with E-state index in [4.69, 9.17) is 0 Å². The molecule has 0 amide bonds. The van der Waals surface area contributed by atoms with Crippen LogP contribution in [0.15, 0.2) is 23.4 Å². The third kappa shape index (κ3) is 4.77. The lowest BCUT2D eigenvalue weighted by molar-refractivity contribution is 0.126. The number of pyridine rings is 1. The highest BCUT2D eigenvalue weighted by molar-refractivity contribution is 7.89. The smallest absolute Gasteiger partial charge is 0.260 e. The molecule has 20 heavy (non-hydrogen) atoms. The maximum atomic E-state index is 12.2. The Morgan fingerprint density at radius 1 is 1.35 bits per heavy atom. The van der Waals surface area contributed by atoms with Gasteiger partial charge < -0.3 is 5.32 Å². The van der Waals surface area contributed by atoms with Crippen molar-refractivity contribution in [1.82, 2.24) is 14.6 Å². The van der Waals surface area contributed by atoms with E-state index in [1.165, 1.54) is 12.3 Å². The average molecular weight is 307 g/mol. The highest BCUT2D eigenvalue weighted by Gasteiger charge is 2.24. The molecule has 0 saturated heterocycles. The quantitative estimate of drug-likeness (QED) is 0.828. The lowest BCUT2D eigenvalue weighted by Gasteiger charge is -2.16. The number of aromatic nitrogens is 1. The van der Waals surface area contributed by atoms with Crippen LogP contribution in [0.2, 0.25) is 0 Å². The van der Waals surface area contributed by atoms with Crippen LogP contribution in [-0.4, -0.2) is 43.8 Å². The van der Waals surface area contributed by atoms with Crippen molar-refractivity contribution in [2.75, 3.05) is 13.6 Å². The van der Waals surface area contributed by atoms with E-state index in [-0.39, 0.29) is 5.03 Å². The summed E-state index contributed by atoms with van der Waals surface area (Å²) in [6, 6.07) is 3.25. The molecule has 0 aliphatic carbocycles. The molecule has 0 aliphatic rings. The second-order valence-electron chi connectivity index (χ2n) is 4.72. The predicted molar refractivity (Wildman–Crippen MR) is 72.0 cm³/mol. The second kappa shape index (κ2) is 7.05. The van der Waals surface area contributed by atoms with Gasteiger partial charge in [0.25, 0.3) is 16.4 Å². The van der Waals surface area contributed by atoms with Crippen LogP contribution in [0.3, 0.4) is 0 Å². The zero-order valence-electron chi connectivity index (χ0n) is 11.7. The van der Waals surface area contributed by atoms with Gasteiger partial charge in [0.05, 0.1) is 6.54 Å². The summed E-state index contributed by atoms with van der Waals surface area (Å²) in [5.74, 6) is 0. The van der Waals surface area contributed by atoms with Crippen LogP contribution in [0.1, 0.15) is 19.4 Å². The lowest BCUT2D eigenvalue weighted by Crippen LogP contribution is -2.32. The molecule has 1 aromatic heterocycles. The van der Waals surface area contributed by atoms with Gasteiger partial charge in [0, 0.05) is 25.8 Å². The van der Waals surface area contributed by atoms with Gasteiger partial charge in [-0.05, 0) is 11.6 Å². The normalized spacial score (nSPS) is 12.6. The van der Waals surface area contributed by atoms with Crippen LogP contribution in [0.4, 0.5) is 8.78 Å². The van der Waals surface area contributed by atoms with Crippen molar-refractivity contribution in [3.63, 3.8) is 0 Å². The molecule has 1 aromatic rings. The molecule has 0 spiro atoms.